The molecule has 0 spiro atoms. The summed E-state index contributed by atoms with van der Waals surface area (Å²) in [6, 6.07) is 7.20. The standard InChI is InChI=1S/C14H19N3O2/c1-14(2,3)11(15)13-16-12(17-19-13)9-5-7-10(18-4)8-6-9/h5-8,11H,15H2,1-4H3/t11-/m0/s1. The number of ether oxygens (including phenoxy) is 1. The van der Waals surface area contributed by atoms with Crippen molar-refractivity contribution in [2.45, 2.75) is 26.8 Å². The molecule has 0 bridgehead atoms. The van der Waals surface area contributed by atoms with Crippen LogP contribution in [0.4, 0.5) is 0 Å². The van der Waals surface area contributed by atoms with Gasteiger partial charge in [-0.3, -0.25) is 0 Å². The Morgan fingerprint density at radius 3 is 2.37 bits per heavy atom. The van der Waals surface area contributed by atoms with Crippen LogP contribution in [0.3, 0.4) is 0 Å². The van der Waals surface area contributed by atoms with Gasteiger partial charge in [0.15, 0.2) is 0 Å². The van der Waals surface area contributed by atoms with E-state index >= 15 is 0 Å². The largest absolute Gasteiger partial charge is 0.497 e. The lowest BCUT2D eigenvalue weighted by atomic mass is 9.87. The van der Waals surface area contributed by atoms with E-state index in [0.29, 0.717) is 11.7 Å². The molecule has 2 aromatic rings. The Balaban J connectivity index is 2.25. The molecule has 0 unspecified atom stereocenters. The van der Waals surface area contributed by atoms with Crippen molar-refractivity contribution < 1.29 is 9.26 Å². The summed E-state index contributed by atoms with van der Waals surface area (Å²) in [4.78, 5) is 4.36. The number of nitrogens with zero attached hydrogens (tertiary/aromatic N) is 2. The van der Waals surface area contributed by atoms with E-state index in [9.17, 15) is 0 Å². The van der Waals surface area contributed by atoms with Crippen LogP contribution in [0.2, 0.25) is 0 Å². The van der Waals surface area contributed by atoms with Crippen LogP contribution in [0.25, 0.3) is 11.4 Å². The summed E-state index contributed by atoms with van der Waals surface area (Å²) < 4.78 is 10.4. The van der Waals surface area contributed by atoms with Gasteiger partial charge >= 0.3 is 0 Å². The van der Waals surface area contributed by atoms with Gasteiger partial charge in [0.25, 0.3) is 0 Å². The molecule has 0 saturated heterocycles. The second-order valence-electron chi connectivity index (χ2n) is 5.53. The highest BCUT2D eigenvalue weighted by Gasteiger charge is 2.27. The fourth-order valence-electron chi connectivity index (χ4n) is 1.59. The molecule has 0 fully saturated rings. The van der Waals surface area contributed by atoms with Crippen molar-refractivity contribution in [3.05, 3.63) is 30.2 Å². The minimum Gasteiger partial charge on any atom is -0.497 e. The molecule has 0 saturated carbocycles. The summed E-state index contributed by atoms with van der Waals surface area (Å²) in [6.07, 6.45) is 0. The predicted molar refractivity (Wildman–Crippen MR) is 72.7 cm³/mol. The van der Waals surface area contributed by atoms with Crippen LogP contribution >= 0.6 is 0 Å². The first-order chi connectivity index (χ1) is 8.91. The Labute approximate surface area is 112 Å². The van der Waals surface area contributed by atoms with Gasteiger partial charge in [0.2, 0.25) is 11.7 Å². The van der Waals surface area contributed by atoms with Crippen molar-refractivity contribution in [2.24, 2.45) is 11.1 Å². The van der Waals surface area contributed by atoms with Gasteiger partial charge in [0.1, 0.15) is 5.75 Å². The van der Waals surface area contributed by atoms with Crippen LogP contribution < -0.4 is 10.5 Å². The first-order valence-electron chi connectivity index (χ1n) is 6.15. The third-order valence-electron chi connectivity index (χ3n) is 2.99. The van der Waals surface area contributed by atoms with Crippen LogP contribution in [0, 0.1) is 5.41 Å². The minimum atomic E-state index is -0.285. The summed E-state index contributed by atoms with van der Waals surface area (Å²) >= 11 is 0. The molecule has 2 N–H and O–H groups in total. The number of aromatic nitrogens is 2. The maximum atomic E-state index is 6.09. The fraction of sp³-hybridized carbons (Fsp3) is 0.429. The van der Waals surface area contributed by atoms with Crippen LogP contribution in [0.15, 0.2) is 28.8 Å². The highest BCUT2D eigenvalue weighted by atomic mass is 16.5. The van der Waals surface area contributed by atoms with Gasteiger partial charge in [-0.05, 0) is 29.7 Å². The smallest absolute Gasteiger partial charge is 0.244 e. The Morgan fingerprint density at radius 1 is 1.21 bits per heavy atom. The molecule has 0 amide bonds. The topological polar surface area (TPSA) is 74.2 Å². The lowest BCUT2D eigenvalue weighted by Crippen LogP contribution is -2.26. The molecule has 0 aliphatic rings. The molecule has 1 aromatic heterocycles. The maximum absolute atomic E-state index is 6.09. The Hall–Kier alpha value is -1.88. The molecule has 1 aromatic carbocycles. The highest BCUT2D eigenvalue weighted by molar-refractivity contribution is 5.55. The normalized spacial score (nSPS) is 13.3. The van der Waals surface area contributed by atoms with E-state index in [1.54, 1.807) is 7.11 Å². The molecule has 102 valence electrons. The van der Waals surface area contributed by atoms with Gasteiger partial charge in [0, 0.05) is 5.56 Å². The molecule has 5 nitrogen and oxygen atoms in total. The van der Waals surface area contributed by atoms with E-state index in [1.807, 2.05) is 45.0 Å². The summed E-state index contributed by atoms with van der Waals surface area (Å²) in [6.45, 7) is 6.11. The monoisotopic (exact) mass is 261 g/mol. The lowest BCUT2D eigenvalue weighted by Gasteiger charge is -2.23. The van der Waals surface area contributed by atoms with E-state index in [2.05, 4.69) is 10.1 Å². The molecule has 0 aliphatic heterocycles. The number of benzene rings is 1. The maximum Gasteiger partial charge on any atom is 0.244 e. The Kier molecular flexibility index (Phi) is 3.57. The van der Waals surface area contributed by atoms with E-state index in [1.165, 1.54) is 0 Å². The predicted octanol–water partition coefficient (Wildman–Crippen LogP) is 2.79. The third kappa shape index (κ3) is 2.93. The van der Waals surface area contributed by atoms with Gasteiger partial charge in [0.05, 0.1) is 13.2 Å². The number of hydrogen-bond donors (Lipinski definition) is 1. The summed E-state index contributed by atoms with van der Waals surface area (Å²) in [5.41, 5.74) is 6.84. The van der Waals surface area contributed by atoms with E-state index in [0.717, 1.165) is 11.3 Å². The summed E-state index contributed by atoms with van der Waals surface area (Å²) in [5, 5.41) is 3.97. The summed E-state index contributed by atoms with van der Waals surface area (Å²) in [7, 11) is 1.63. The lowest BCUT2D eigenvalue weighted by molar-refractivity contribution is 0.253. The average Bonchev–Trinajstić information content (AvgIpc) is 2.86. The molecule has 19 heavy (non-hydrogen) atoms. The molecule has 5 heteroatoms. The second-order valence-corrected chi connectivity index (χ2v) is 5.53. The fourth-order valence-corrected chi connectivity index (χ4v) is 1.59. The van der Waals surface area contributed by atoms with Crippen LogP contribution in [0.1, 0.15) is 32.7 Å². The van der Waals surface area contributed by atoms with Gasteiger partial charge < -0.3 is 15.0 Å². The van der Waals surface area contributed by atoms with Crippen molar-refractivity contribution >= 4 is 0 Å². The molecular formula is C14H19N3O2. The van der Waals surface area contributed by atoms with Gasteiger partial charge in [-0.15, -0.1) is 0 Å². The zero-order valence-electron chi connectivity index (χ0n) is 11.7. The zero-order chi connectivity index (χ0) is 14.0. The Bertz CT molecular complexity index is 541. The second kappa shape index (κ2) is 5.01. The number of nitrogens with two attached hydrogens (primary N) is 1. The summed E-state index contributed by atoms with van der Waals surface area (Å²) in [5.74, 6) is 1.79. The SMILES string of the molecule is COc1ccc(-c2noc([C@H](N)C(C)(C)C)n2)cc1. The highest BCUT2D eigenvalue weighted by Crippen LogP contribution is 2.30. The van der Waals surface area contributed by atoms with Crippen LogP contribution in [-0.2, 0) is 0 Å². The molecule has 1 atom stereocenters. The van der Waals surface area contributed by atoms with Crippen molar-refractivity contribution in [1.82, 2.24) is 10.1 Å². The van der Waals surface area contributed by atoms with E-state index in [4.69, 9.17) is 15.0 Å². The van der Waals surface area contributed by atoms with E-state index < -0.39 is 0 Å². The molecule has 0 radical (unpaired) electrons. The minimum absolute atomic E-state index is 0.121. The van der Waals surface area contributed by atoms with Crippen molar-refractivity contribution in [3.63, 3.8) is 0 Å². The molecule has 0 aliphatic carbocycles. The van der Waals surface area contributed by atoms with Crippen LogP contribution in [-0.4, -0.2) is 17.3 Å². The van der Waals surface area contributed by atoms with Gasteiger partial charge in [-0.25, -0.2) is 0 Å². The van der Waals surface area contributed by atoms with Gasteiger partial charge in [-0.2, -0.15) is 4.98 Å². The third-order valence-corrected chi connectivity index (χ3v) is 2.99. The zero-order valence-corrected chi connectivity index (χ0v) is 11.7. The van der Waals surface area contributed by atoms with Crippen LogP contribution in [0.5, 0.6) is 5.75 Å². The Morgan fingerprint density at radius 2 is 1.84 bits per heavy atom. The first kappa shape index (κ1) is 13.5. The number of methoxy groups -OCH3 is 1. The quantitative estimate of drug-likeness (QED) is 0.919. The van der Waals surface area contributed by atoms with Crippen molar-refractivity contribution in [3.8, 4) is 17.1 Å². The van der Waals surface area contributed by atoms with Crippen molar-refractivity contribution in [2.75, 3.05) is 7.11 Å². The average molecular weight is 261 g/mol. The van der Waals surface area contributed by atoms with E-state index in [-0.39, 0.29) is 11.5 Å². The number of hydrogen-bond acceptors (Lipinski definition) is 5. The molecule has 1 heterocycles. The first-order valence-corrected chi connectivity index (χ1v) is 6.15. The number of rotatable bonds is 3. The molecule has 2 rings (SSSR count). The van der Waals surface area contributed by atoms with Crippen molar-refractivity contribution in [1.29, 1.82) is 0 Å². The molecular weight excluding hydrogens is 242 g/mol. The van der Waals surface area contributed by atoms with Gasteiger partial charge in [-0.1, -0.05) is 25.9 Å².